The number of nitrogens with one attached hydrogen (secondary N) is 1. The van der Waals surface area contributed by atoms with E-state index in [-0.39, 0.29) is 17.9 Å². The van der Waals surface area contributed by atoms with Crippen molar-refractivity contribution < 1.29 is 14.4 Å². The highest BCUT2D eigenvalue weighted by Gasteiger charge is 2.43. The largest absolute Gasteiger partial charge is 0.352 e. The minimum absolute atomic E-state index is 0.00939. The first-order valence-corrected chi connectivity index (χ1v) is 10.9. The second-order valence-electron chi connectivity index (χ2n) is 8.11. The maximum atomic E-state index is 13.3. The highest BCUT2D eigenvalue weighted by Crippen LogP contribution is 2.27. The van der Waals surface area contributed by atoms with Gasteiger partial charge < -0.3 is 5.32 Å². The lowest BCUT2D eigenvalue weighted by atomic mass is 10.0. The summed E-state index contributed by atoms with van der Waals surface area (Å²) in [6.07, 6.45) is 0. The van der Waals surface area contributed by atoms with Crippen LogP contribution in [0, 0.1) is 5.92 Å². The summed E-state index contributed by atoms with van der Waals surface area (Å²) in [7, 11) is 0. The van der Waals surface area contributed by atoms with Crippen LogP contribution in [0.2, 0.25) is 0 Å². The Labute approximate surface area is 184 Å². The van der Waals surface area contributed by atoms with Crippen LogP contribution in [0.5, 0.6) is 0 Å². The normalized spacial score (nSPS) is 15.4. The van der Waals surface area contributed by atoms with Gasteiger partial charge in [-0.1, -0.05) is 70.2 Å². The maximum Gasteiger partial charge on any atom is 0.262 e. The predicted octanol–water partition coefficient (Wildman–Crippen LogP) is 3.51. The van der Waals surface area contributed by atoms with E-state index >= 15 is 0 Å². The molecule has 1 aliphatic heterocycles. The van der Waals surface area contributed by atoms with E-state index in [1.165, 1.54) is 0 Å². The fraction of sp³-hybridized carbons (Fsp3) is 0.400. The van der Waals surface area contributed by atoms with Gasteiger partial charge in [-0.2, -0.15) is 0 Å². The second-order valence-corrected chi connectivity index (χ2v) is 8.11. The molecule has 1 N–H and O–H groups in total. The smallest absolute Gasteiger partial charge is 0.262 e. The number of carbonyl (C=O) groups is 3. The Morgan fingerprint density at radius 2 is 1.42 bits per heavy atom. The lowest BCUT2D eigenvalue weighted by Gasteiger charge is -2.32. The third-order valence-electron chi connectivity index (χ3n) is 5.91. The molecule has 0 saturated heterocycles. The average molecular weight is 422 g/mol. The van der Waals surface area contributed by atoms with Gasteiger partial charge >= 0.3 is 0 Å². The molecule has 0 fully saturated rings. The van der Waals surface area contributed by atoms with Crippen LogP contribution in [-0.2, 0) is 4.79 Å². The van der Waals surface area contributed by atoms with E-state index in [2.05, 4.69) is 36.2 Å². The van der Waals surface area contributed by atoms with Gasteiger partial charge in [0.2, 0.25) is 5.91 Å². The van der Waals surface area contributed by atoms with Gasteiger partial charge in [-0.05, 0) is 36.7 Å². The summed E-state index contributed by atoms with van der Waals surface area (Å²) in [5.41, 5.74) is 1.83. The summed E-state index contributed by atoms with van der Waals surface area (Å²) < 4.78 is 0. The molecule has 3 rings (SSSR count). The number of imide groups is 1. The van der Waals surface area contributed by atoms with E-state index in [0.717, 1.165) is 23.6 Å². The molecule has 2 atom stereocenters. The molecule has 0 radical (unpaired) electrons. The third kappa shape index (κ3) is 4.54. The fourth-order valence-corrected chi connectivity index (χ4v) is 4.28. The Kier molecular flexibility index (Phi) is 7.23. The molecule has 0 aromatic heterocycles. The van der Waals surface area contributed by atoms with Crippen molar-refractivity contribution in [2.24, 2.45) is 5.92 Å². The van der Waals surface area contributed by atoms with Crippen LogP contribution in [-0.4, -0.2) is 53.2 Å². The summed E-state index contributed by atoms with van der Waals surface area (Å²) in [5.74, 6) is -1.33. The van der Waals surface area contributed by atoms with Crippen molar-refractivity contribution >= 4 is 17.7 Å². The van der Waals surface area contributed by atoms with Crippen LogP contribution < -0.4 is 5.32 Å². The summed E-state index contributed by atoms with van der Waals surface area (Å²) in [6, 6.07) is 15.9. The first-order chi connectivity index (χ1) is 14.9. The quantitative estimate of drug-likeness (QED) is 0.629. The van der Waals surface area contributed by atoms with E-state index < -0.39 is 17.9 Å². The lowest BCUT2D eigenvalue weighted by molar-refractivity contribution is -0.126. The van der Waals surface area contributed by atoms with Crippen LogP contribution in [0.4, 0.5) is 0 Å². The van der Waals surface area contributed by atoms with Crippen molar-refractivity contribution in [3.8, 4) is 0 Å². The average Bonchev–Trinajstić information content (AvgIpc) is 3.02. The summed E-state index contributed by atoms with van der Waals surface area (Å²) >= 11 is 0. The molecule has 2 aromatic rings. The summed E-state index contributed by atoms with van der Waals surface area (Å²) in [4.78, 5) is 42.5. The second kappa shape index (κ2) is 9.88. The molecular weight excluding hydrogens is 390 g/mol. The number of likely N-dealkylation sites (N-methyl/N-ethyl adjacent to an activating group) is 1. The van der Waals surface area contributed by atoms with Crippen molar-refractivity contribution in [3.05, 3.63) is 71.3 Å². The monoisotopic (exact) mass is 421 g/mol. The Bertz CT molecular complexity index is 903. The molecule has 2 unspecified atom stereocenters. The van der Waals surface area contributed by atoms with Crippen LogP contribution in [0.15, 0.2) is 54.6 Å². The van der Waals surface area contributed by atoms with Crippen LogP contribution in [0.1, 0.15) is 60.0 Å². The molecule has 0 aliphatic carbocycles. The van der Waals surface area contributed by atoms with Gasteiger partial charge in [0.05, 0.1) is 17.2 Å². The van der Waals surface area contributed by atoms with Crippen molar-refractivity contribution in [1.29, 1.82) is 0 Å². The molecular formula is C25H31N3O3. The van der Waals surface area contributed by atoms with Gasteiger partial charge in [-0.15, -0.1) is 0 Å². The number of rotatable bonds is 9. The van der Waals surface area contributed by atoms with Crippen molar-refractivity contribution in [2.75, 3.05) is 19.6 Å². The molecule has 1 aliphatic rings. The zero-order valence-electron chi connectivity index (χ0n) is 18.7. The number of benzene rings is 2. The van der Waals surface area contributed by atoms with Gasteiger partial charge in [-0.3, -0.25) is 24.2 Å². The van der Waals surface area contributed by atoms with Crippen molar-refractivity contribution in [2.45, 2.75) is 39.8 Å². The molecule has 0 bridgehead atoms. The summed E-state index contributed by atoms with van der Waals surface area (Å²) in [5, 5.41) is 3.03. The molecule has 3 amide bonds. The Morgan fingerprint density at radius 3 is 1.90 bits per heavy atom. The number of amides is 3. The molecule has 31 heavy (non-hydrogen) atoms. The van der Waals surface area contributed by atoms with Crippen molar-refractivity contribution in [1.82, 2.24) is 15.1 Å². The number of nitrogens with zero attached hydrogens (tertiary/aromatic N) is 2. The van der Waals surface area contributed by atoms with E-state index in [1.54, 1.807) is 24.3 Å². The molecule has 1 heterocycles. The number of hydrogen-bond donors (Lipinski definition) is 1. The standard InChI is InChI=1S/C25H31N3O3/c1-5-27(6-2)21(18-12-8-7-9-13-18)16-26-23(29)22(17(3)4)28-24(30)19-14-10-11-15-20(19)25(28)31/h7-15,17,21-22H,5-6,16H2,1-4H3,(H,26,29). The third-order valence-corrected chi connectivity index (χ3v) is 5.91. The summed E-state index contributed by atoms with van der Waals surface area (Å²) in [6.45, 7) is 9.99. The molecule has 2 aromatic carbocycles. The highest BCUT2D eigenvalue weighted by molar-refractivity contribution is 6.22. The number of hydrogen-bond acceptors (Lipinski definition) is 4. The molecule has 6 heteroatoms. The Morgan fingerprint density at radius 1 is 0.903 bits per heavy atom. The van der Waals surface area contributed by atoms with Crippen LogP contribution >= 0.6 is 0 Å². The molecule has 0 saturated carbocycles. The Balaban J connectivity index is 1.81. The van der Waals surface area contributed by atoms with Gasteiger partial charge in [0, 0.05) is 6.54 Å². The van der Waals surface area contributed by atoms with Gasteiger partial charge in [0.15, 0.2) is 0 Å². The maximum absolute atomic E-state index is 13.3. The number of fused-ring (bicyclic) bond motifs is 1. The van der Waals surface area contributed by atoms with E-state index in [1.807, 2.05) is 32.0 Å². The van der Waals surface area contributed by atoms with Crippen LogP contribution in [0.25, 0.3) is 0 Å². The minimum atomic E-state index is -0.861. The van der Waals surface area contributed by atoms with Crippen LogP contribution in [0.3, 0.4) is 0 Å². The highest BCUT2D eigenvalue weighted by atomic mass is 16.2. The molecule has 6 nitrogen and oxygen atoms in total. The zero-order chi connectivity index (χ0) is 22.5. The SMILES string of the molecule is CCN(CC)C(CNC(=O)C(C(C)C)N1C(=O)c2ccccc2C1=O)c1ccccc1. The van der Waals surface area contributed by atoms with E-state index in [0.29, 0.717) is 17.7 Å². The zero-order valence-corrected chi connectivity index (χ0v) is 18.7. The first kappa shape index (κ1) is 22.7. The van der Waals surface area contributed by atoms with Crippen molar-refractivity contribution in [3.63, 3.8) is 0 Å². The molecule has 164 valence electrons. The van der Waals surface area contributed by atoms with E-state index in [9.17, 15) is 14.4 Å². The predicted molar refractivity (Wildman–Crippen MR) is 121 cm³/mol. The molecule has 0 spiro atoms. The van der Waals surface area contributed by atoms with Gasteiger partial charge in [-0.25, -0.2) is 0 Å². The van der Waals surface area contributed by atoms with Gasteiger partial charge in [0.1, 0.15) is 6.04 Å². The lowest BCUT2D eigenvalue weighted by Crippen LogP contribution is -2.53. The first-order valence-electron chi connectivity index (χ1n) is 10.9. The fourth-order valence-electron chi connectivity index (χ4n) is 4.28. The number of carbonyl (C=O) groups excluding carboxylic acids is 3. The minimum Gasteiger partial charge on any atom is -0.352 e. The van der Waals surface area contributed by atoms with E-state index in [4.69, 9.17) is 0 Å². The topological polar surface area (TPSA) is 69.7 Å². The Hall–Kier alpha value is -2.99. The van der Waals surface area contributed by atoms with Gasteiger partial charge in [0.25, 0.3) is 11.8 Å².